The number of halogens is 2. The van der Waals surface area contributed by atoms with Gasteiger partial charge in [0.05, 0.1) is 12.1 Å². The minimum atomic E-state index is -2.92. The van der Waals surface area contributed by atoms with Gasteiger partial charge in [-0.05, 0) is 36.6 Å². The number of hydrogen-bond donors (Lipinski definition) is 3. The van der Waals surface area contributed by atoms with E-state index in [-0.39, 0.29) is 29.8 Å². The van der Waals surface area contributed by atoms with Gasteiger partial charge >= 0.3 is 12.6 Å². The van der Waals surface area contributed by atoms with Crippen LogP contribution in [0.1, 0.15) is 36.8 Å². The monoisotopic (exact) mass is 475 g/mol. The third-order valence-corrected chi connectivity index (χ3v) is 7.39. The topological polar surface area (TPSA) is 79.5 Å². The highest BCUT2D eigenvalue weighted by atomic mass is 32.2. The Labute approximate surface area is 195 Å². The van der Waals surface area contributed by atoms with Crippen LogP contribution in [0.3, 0.4) is 0 Å². The summed E-state index contributed by atoms with van der Waals surface area (Å²) in [7, 11) is 0. The third kappa shape index (κ3) is 6.37. The van der Waals surface area contributed by atoms with Crippen LogP contribution < -0.4 is 20.7 Å². The summed E-state index contributed by atoms with van der Waals surface area (Å²) in [6.07, 6.45) is 3.37. The van der Waals surface area contributed by atoms with E-state index in [0.29, 0.717) is 29.3 Å². The molecule has 2 saturated heterocycles. The maximum absolute atomic E-state index is 12.8. The molecular formula is C24H27F2N3O3S. The number of unbranched alkanes of at least 4 members (excludes halogenated alkanes) is 1. The second-order valence-electron chi connectivity index (χ2n) is 8.28. The number of alkyl halides is 2. The Bertz CT molecular complexity index is 977. The number of carbonyl (C=O) groups excluding carboxylic acids is 2. The summed E-state index contributed by atoms with van der Waals surface area (Å²) < 4.78 is 30.3. The van der Waals surface area contributed by atoms with Crippen molar-refractivity contribution in [3.05, 3.63) is 59.7 Å². The number of anilines is 1. The Morgan fingerprint density at radius 2 is 1.97 bits per heavy atom. The van der Waals surface area contributed by atoms with E-state index >= 15 is 0 Å². The van der Waals surface area contributed by atoms with Crippen LogP contribution in [0.25, 0.3) is 0 Å². The average Bonchev–Trinajstić information content (AvgIpc) is 3.33. The van der Waals surface area contributed by atoms with Gasteiger partial charge < -0.3 is 20.7 Å². The van der Waals surface area contributed by atoms with E-state index in [4.69, 9.17) is 0 Å². The fourth-order valence-corrected chi connectivity index (χ4v) is 5.86. The first-order valence-corrected chi connectivity index (χ1v) is 12.1. The number of hydrogen-bond acceptors (Lipinski definition) is 4. The van der Waals surface area contributed by atoms with Crippen LogP contribution in [0, 0.1) is 0 Å². The maximum Gasteiger partial charge on any atom is 0.387 e. The fourth-order valence-electron chi connectivity index (χ4n) is 4.32. The minimum Gasteiger partial charge on any atom is -0.435 e. The highest BCUT2D eigenvalue weighted by molar-refractivity contribution is 8.00. The van der Waals surface area contributed by atoms with Crippen LogP contribution in [0.2, 0.25) is 0 Å². The van der Waals surface area contributed by atoms with Crippen LogP contribution in [-0.2, 0) is 11.2 Å². The maximum atomic E-state index is 12.8. The SMILES string of the molecule is O=C(CCCC[C@@H]1SC[C@@H]2NC(=O)N[C@@H]21)Nc1ccc(OC(F)F)c(Cc2ccccc2)c1. The second-order valence-corrected chi connectivity index (χ2v) is 9.55. The summed E-state index contributed by atoms with van der Waals surface area (Å²) in [5.74, 6) is 0.911. The van der Waals surface area contributed by atoms with Gasteiger partial charge in [0.1, 0.15) is 5.75 Å². The number of amides is 3. The van der Waals surface area contributed by atoms with Crippen molar-refractivity contribution in [1.29, 1.82) is 0 Å². The number of urea groups is 1. The first-order valence-electron chi connectivity index (χ1n) is 11.1. The molecule has 2 aliphatic rings. The van der Waals surface area contributed by atoms with E-state index in [9.17, 15) is 18.4 Å². The number of ether oxygens (including phenoxy) is 1. The van der Waals surface area contributed by atoms with E-state index in [2.05, 4.69) is 20.7 Å². The number of fused-ring (bicyclic) bond motifs is 1. The largest absolute Gasteiger partial charge is 0.435 e. The van der Waals surface area contributed by atoms with Crippen molar-refractivity contribution >= 4 is 29.4 Å². The van der Waals surface area contributed by atoms with Crippen LogP contribution in [0.4, 0.5) is 19.3 Å². The molecule has 2 fully saturated rings. The van der Waals surface area contributed by atoms with Crippen molar-refractivity contribution < 1.29 is 23.1 Å². The molecule has 0 radical (unpaired) electrons. The van der Waals surface area contributed by atoms with E-state index in [1.54, 1.807) is 12.1 Å². The molecule has 2 aliphatic heterocycles. The molecule has 0 aromatic heterocycles. The Balaban J connectivity index is 1.28. The highest BCUT2D eigenvalue weighted by Gasteiger charge is 2.42. The second kappa shape index (κ2) is 10.9. The standard InChI is InChI=1S/C24H27F2N3O3S/c25-23(26)32-19-11-10-17(13-16(19)12-15-6-2-1-3-7-15)27-21(30)9-5-4-8-20-22-18(14-33-20)28-24(31)29-22/h1-3,6-7,10-11,13,18,20,22-23H,4-5,8-9,12,14H2,(H,27,30)(H2,28,29,31)/t18-,20-,22-/m0/s1. The highest BCUT2D eigenvalue weighted by Crippen LogP contribution is 2.33. The Morgan fingerprint density at radius 1 is 1.15 bits per heavy atom. The number of nitrogens with one attached hydrogen (secondary N) is 3. The lowest BCUT2D eigenvalue weighted by molar-refractivity contribution is -0.116. The molecule has 2 heterocycles. The zero-order valence-corrected chi connectivity index (χ0v) is 18.9. The molecule has 0 bridgehead atoms. The third-order valence-electron chi connectivity index (χ3n) is 5.88. The van der Waals surface area contributed by atoms with E-state index < -0.39 is 6.61 Å². The van der Waals surface area contributed by atoms with Crippen molar-refractivity contribution in [3.8, 4) is 5.75 Å². The number of rotatable bonds is 10. The minimum absolute atomic E-state index is 0.0914. The molecule has 0 aliphatic carbocycles. The molecule has 0 saturated carbocycles. The molecule has 3 N–H and O–H groups in total. The number of benzene rings is 2. The molecule has 176 valence electrons. The van der Waals surface area contributed by atoms with Gasteiger partial charge in [-0.1, -0.05) is 36.8 Å². The van der Waals surface area contributed by atoms with Gasteiger partial charge in [-0.15, -0.1) is 0 Å². The lowest BCUT2D eigenvalue weighted by Crippen LogP contribution is -2.36. The van der Waals surface area contributed by atoms with E-state index in [1.807, 2.05) is 42.1 Å². The molecule has 4 rings (SSSR count). The first-order chi connectivity index (χ1) is 16.0. The van der Waals surface area contributed by atoms with E-state index in [1.165, 1.54) is 6.07 Å². The van der Waals surface area contributed by atoms with E-state index in [0.717, 1.165) is 30.6 Å². The molecule has 2 aromatic carbocycles. The van der Waals surface area contributed by atoms with Gasteiger partial charge in [-0.2, -0.15) is 20.5 Å². The number of carbonyl (C=O) groups is 2. The van der Waals surface area contributed by atoms with Crippen LogP contribution in [-0.4, -0.2) is 41.6 Å². The zero-order chi connectivity index (χ0) is 23.2. The smallest absolute Gasteiger partial charge is 0.387 e. The predicted molar refractivity (Wildman–Crippen MR) is 125 cm³/mol. The van der Waals surface area contributed by atoms with Gasteiger partial charge in [0.2, 0.25) is 5.91 Å². The van der Waals surface area contributed by atoms with Gasteiger partial charge in [0, 0.05) is 35.1 Å². The molecule has 2 aromatic rings. The summed E-state index contributed by atoms with van der Waals surface area (Å²) >= 11 is 1.86. The first kappa shape index (κ1) is 23.4. The molecule has 3 atom stereocenters. The molecule has 9 heteroatoms. The quantitative estimate of drug-likeness (QED) is 0.348. The lowest BCUT2D eigenvalue weighted by atomic mass is 10.0. The van der Waals surface area contributed by atoms with Crippen molar-refractivity contribution in [1.82, 2.24) is 10.6 Å². The van der Waals surface area contributed by atoms with Crippen molar-refractivity contribution in [3.63, 3.8) is 0 Å². The predicted octanol–water partition coefficient (Wildman–Crippen LogP) is 4.54. The van der Waals surface area contributed by atoms with Crippen molar-refractivity contribution in [2.24, 2.45) is 0 Å². The molecule has 3 amide bonds. The molecular weight excluding hydrogens is 448 g/mol. The molecule has 33 heavy (non-hydrogen) atoms. The Morgan fingerprint density at radius 3 is 2.76 bits per heavy atom. The summed E-state index contributed by atoms with van der Waals surface area (Å²) in [5, 5.41) is 9.15. The Hall–Kier alpha value is -2.81. The number of thioether (sulfide) groups is 1. The average molecular weight is 476 g/mol. The van der Waals surface area contributed by atoms with Crippen molar-refractivity contribution in [2.75, 3.05) is 11.1 Å². The van der Waals surface area contributed by atoms with Gasteiger partial charge in [-0.25, -0.2) is 4.79 Å². The van der Waals surface area contributed by atoms with Crippen LogP contribution >= 0.6 is 11.8 Å². The van der Waals surface area contributed by atoms with Gasteiger partial charge in [-0.3, -0.25) is 4.79 Å². The fraction of sp³-hybridized carbons (Fsp3) is 0.417. The normalized spacial score (nSPS) is 21.4. The summed E-state index contributed by atoms with van der Waals surface area (Å²) in [4.78, 5) is 23.9. The summed E-state index contributed by atoms with van der Waals surface area (Å²) in [6, 6.07) is 14.5. The molecule has 0 unspecified atom stereocenters. The zero-order valence-electron chi connectivity index (χ0n) is 18.1. The van der Waals surface area contributed by atoms with Crippen LogP contribution in [0.5, 0.6) is 5.75 Å². The van der Waals surface area contributed by atoms with Gasteiger partial charge in [0.15, 0.2) is 0 Å². The van der Waals surface area contributed by atoms with Gasteiger partial charge in [0.25, 0.3) is 0 Å². The lowest BCUT2D eigenvalue weighted by Gasteiger charge is -2.16. The van der Waals surface area contributed by atoms with Crippen LogP contribution in [0.15, 0.2) is 48.5 Å². The van der Waals surface area contributed by atoms with Crippen molar-refractivity contribution in [2.45, 2.75) is 56.0 Å². The molecule has 0 spiro atoms. The summed E-state index contributed by atoms with van der Waals surface area (Å²) in [5.41, 5.74) is 2.10. The molecule has 6 nitrogen and oxygen atoms in total. The Kier molecular flexibility index (Phi) is 7.69. The summed E-state index contributed by atoms with van der Waals surface area (Å²) in [6.45, 7) is -2.92.